The number of pyridine rings is 1. The number of nitrogens with zero attached hydrogens (tertiary/aromatic N) is 1. The molecule has 2 rings (SSSR count). The largest absolute Gasteiger partial charge is 0.321 e. The first-order chi connectivity index (χ1) is 8.06. The van der Waals surface area contributed by atoms with Crippen molar-refractivity contribution in [3.63, 3.8) is 0 Å². The SMILES string of the molecule is Cc1cc(NC(=O)c2cc(Br)c(Br)s2)ccn1. The zero-order valence-corrected chi connectivity index (χ0v) is 12.8. The standard InChI is InChI=1S/C11H8Br2N2OS/c1-6-4-7(2-3-14-6)15-11(16)9-5-8(12)10(13)17-9/h2-5H,1H3,(H,14,15,16). The Morgan fingerprint density at radius 1 is 1.41 bits per heavy atom. The van der Waals surface area contributed by atoms with Gasteiger partial charge < -0.3 is 5.32 Å². The Bertz CT molecular complexity index is 549. The predicted molar refractivity (Wildman–Crippen MR) is 76.6 cm³/mol. The molecule has 2 heterocycles. The highest BCUT2D eigenvalue weighted by atomic mass is 79.9. The van der Waals surface area contributed by atoms with Crippen LogP contribution in [0, 0.1) is 6.92 Å². The number of carbonyl (C=O) groups is 1. The van der Waals surface area contributed by atoms with E-state index in [9.17, 15) is 4.79 Å². The lowest BCUT2D eigenvalue weighted by molar-refractivity contribution is 0.103. The number of thiophene rings is 1. The summed E-state index contributed by atoms with van der Waals surface area (Å²) in [4.78, 5) is 16.7. The molecule has 0 saturated heterocycles. The van der Waals surface area contributed by atoms with Gasteiger partial charge >= 0.3 is 0 Å². The Morgan fingerprint density at radius 2 is 2.18 bits per heavy atom. The lowest BCUT2D eigenvalue weighted by atomic mass is 10.3. The van der Waals surface area contributed by atoms with E-state index in [0.29, 0.717) is 4.88 Å². The molecule has 2 aromatic heterocycles. The quantitative estimate of drug-likeness (QED) is 0.853. The average molecular weight is 376 g/mol. The lowest BCUT2D eigenvalue weighted by Crippen LogP contribution is -2.10. The molecule has 0 radical (unpaired) electrons. The summed E-state index contributed by atoms with van der Waals surface area (Å²) >= 11 is 8.11. The molecule has 0 aliphatic rings. The fourth-order valence-corrected chi connectivity index (χ4v) is 3.21. The summed E-state index contributed by atoms with van der Waals surface area (Å²) in [5, 5.41) is 2.83. The maximum absolute atomic E-state index is 11.9. The van der Waals surface area contributed by atoms with Gasteiger partial charge in [-0.3, -0.25) is 9.78 Å². The van der Waals surface area contributed by atoms with Crippen LogP contribution >= 0.6 is 43.2 Å². The second kappa shape index (κ2) is 5.29. The van der Waals surface area contributed by atoms with E-state index in [0.717, 1.165) is 19.6 Å². The number of carbonyl (C=O) groups excluding carboxylic acids is 1. The first kappa shape index (κ1) is 12.7. The van der Waals surface area contributed by atoms with E-state index in [2.05, 4.69) is 42.2 Å². The van der Waals surface area contributed by atoms with Crippen LogP contribution in [0.5, 0.6) is 0 Å². The highest BCUT2D eigenvalue weighted by Crippen LogP contribution is 2.32. The maximum atomic E-state index is 11.9. The van der Waals surface area contributed by atoms with Crippen LogP contribution in [0.15, 0.2) is 32.7 Å². The van der Waals surface area contributed by atoms with Crippen molar-refractivity contribution in [1.82, 2.24) is 4.98 Å². The van der Waals surface area contributed by atoms with Gasteiger partial charge in [-0.25, -0.2) is 0 Å². The fourth-order valence-electron chi connectivity index (χ4n) is 1.27. The third-order valence-corrected chi connectivity index (χ3v) is 5.28. The highest BCUT2D eigenvalue weighted by Gasteiger charge is 2.12. The zero-order valence-electron chi connectivity index (χ0n) is 8.83. The molecule has 0 atom stereocenters. The molecule has 0 fully saturated rings. The van der Waals surface area contributed by atoms with Crippen LogP contribution in [-0.2, 0) is 0 Å². The van der Waals surface area contributed by atoms with Crippen molar-refractivity contribution in [1.29, 1.82) is 0 Å². The van der Waals surface area contributed by atoms with Gasteiger partial charge in [0.05, 0.1) is 8.66 Å². The highest BCUT2D eigenvalue weighted by molar-refractivity contribution is 9.13. The first-order valence-electron chi connectivity index (χ1n) is 4.75. The molecule has 0 aliphatic carbocycles. The van der Waals surface area contributed by atoms with E-state index in [1.54, 1.807) is 18.3 Å². The van der Waals surface area contributed by atoms with Crippen molar-refractivity contribution in [3.8, 4) is 0 Å². The van der Waals surface area contributed by atoms with Gasteiger partial charge in [-0.2, -0.15) is 0 Å². The van der Waals surface area contributed by atoms with E-state index in [-0.39, 0.29) is 5.91 Å². The summed E-state index contributed by atoms with van der Waals surface area (Å²) in [6.45, 7) is 1.88. The van der Waals surface area contributed by atoms with Crippen LogP contribution in [0.2, 0.25) is 0 Å². The second-order valence-electron chi connectivity index (χ2n) is 3.37. The number of hydrogen-bond donors (Lipinski definition) is 1. The van der Waals surface area contributed by atoms with Crippen molar-refractivity contribution in [2.45, 2.75) is 6.92 Å². The molecular weight excluding hydrogens is 368 g/mol. The molecule has 2 aromatic rings. The Balaban J connectivity index is 2.17. The van der Waals surface area contributed by atoms with Gasteiger partial charge in [-0.15, -0.1) is 11.3 Å². The van der Waals surface area contributed by atoms with Crippen LogP contribution in [0.3, 0.4) is 0 Å². The molecule has 0 unspecified atom stereocenters. The monoisotopic (exact) mass is 374 g/mol. The summed E-state index contributed by atoms with van der Waals surface area (Å²) < 4.78 is 1.80. The zero-order chi connectivity index (χ0) is 12.4. The molecule has 1 amide bonds. The van der Waals surface area contributed by atoms with Gasteiger partial charge in [0.15, 0.2) is 0 Å². The van der Waals surface area contributed by atoms with Crippen LogP contribution < -0.4 is 5.32 Å². The number of aryl methyl sites for hydroxylation is 1. The van der Waals surface area contributed by atoms with Gasteiger partial charge in [0.25, 0.3) is 5.91 Å². The number of aromatic nitrogens is 1. The summed E-state index contributed by atoms with van der Waals surface area (Å²) in [6.07, 6.45) is 1.67. The molecule has 0 aromatic carbocycles. The van der Waals surface area contributed by atoms with Crippen molar-refractivity contribution in [2.75, 3.05) is 5.32 Å². The number of amides is 1. The molecular formula is C11H8Br2N2OS. The maximum Gasteiger partial charge on any atom is 0.265 e. The molecule has 0 bridgehead atoms. The van der Waals surface area contributed by atoms with Crippen molar-refractivity contribution >= 4 is 54.8 Å². The minimum absolute atomic E-state index is 0.119. The van der Waals surface area contributed by atoms with E-state index in [1.807, 2.05) is 13.0 Å². The van der Waals surface area contributed by atoms with Gasteiger partial charge in [-0.05, 0) is 57.0 Å². The number of rotatable bonds is 2. The van der Waals surface area contributed by atoms with Crippen molar-refractivity contribution in [3.05, 3.63) is 43.2 Å². The fraction of sp³-hybridized carbons (Fsp3) is 0.0909. The van der Waals surface area contributed by atoms with Crippen LogP contribution in [0.1, 0.15) is 15.4 Å². The first-order valence-corrected chi connectivity index (χ1v) is 7.15. The smallest absolute Gasteiger partial charge is 0.265 e. The summed E-state index contributed by atoms with van der Waals surface area (Å²) in [6, 6.07) is 5.39. The van der Waals surface area contributed by atoms with Crippen LogP contribution in [-0.4, -0.2) is 10.9 Å². The van der Waals surface area contributed by atoms with E-state index in [4.69, 9.17) is 0 Å². The number of hydrogen-bond acceptors (Lipinski definition) is 3. The number of anilines is 1. The van der Waals surface area contributed by atoms with Crippen molar-refractivity contribution < 1.29 is 4.79 Å². The third-order valence-electron chi connectivity index (χ3n) is 2.02. The molecule has 1 N–H and O–H groups in total. The third kappa shape index (κ3) is 3.14. The van der Waals surface area contributed by atoms with E-state index < -0.39 is 0 Å². The Hall–Kier alpha value is -0.720. The number of nitrogens with one attached hydrogen (secondary N) is 1. The van der Waals surface area contributed by atoms with E-state index in [1.165, 1.54) is 11.3 Å². The average Bonchev–Trinajstić information content (AvgIpc) is 2.59. The minimum Gasteiger partial charge on any atom is -0.321 e. The molecule has 88 valence electrons. The van der Waals surface area contributed by atoms with Gasteiger partial charge in [-0.1, -0.05) is 0 Å². The van der Waals surface area contributed by atoms with Crippen LogP contribution in [0.4, 0.5) is 5.69 Å². The van der Waals surface area contributed by atoms with Gasteiger partial charge in [0, 0.05) is 22.1 Å². The number of halogens is 2. The Morgan fingerprint density at radius 3 is 2.76 bits per heavy atom. The van der Waals surface area contributed by atoms with Gasteiger partial charge in [0.2, 0.25) is 0 Å². The normalized spacial score (nSPS) is 10.3. The lowest BCUT2D eigenvalue weighted by Gasteiger charge is -2.03. The topological polar surface area (TPSA) is 42.0 Å². The van der Waals surface area contributed by atoms with Gasteiger partial charge in [0.1, 0.15) is 0 Å². The van der Waals surface area contributed by atoms with Crippen LogP contribution in [0.25, 0.3) is 0 Å². The molecule has 6 heteroatoms. The molecule has 17 heavy (non-hydrogen) atoms. The summed E-state index contributed by atoms with van der Waals surface area (Å²) in [5.74, 6) is -0.119. The molecule has 0 spiro atoms. The van der Waals surface area contributed by atoms with E-state index >= 15 is 0 Å². The Kier molecular flexibility index (Phi) is 3.96. The second-order valence-corrected chi connectivity index (χ2v) is 6.60. The minimum atomic E-state index is -0.119. The molecule has 0 saturated carbocycles. The Labute approximate surface area is 120 Å². The molecule has 0 aliphatic heterocycles. The summed E-state index contributed by atoms with van der Waals surface area (Å²) in [7, 11) is 0. The predicted octanol–water partition coefficient (Wildman–Crippen LogP) is 4.23. The van der Waals surface area contributed by atoms with Crippen molar-refractivity contribution in [2.24, 2.45) is 0 Å². The molecule has 3 nitrogen and oxygen atoms in total. The summed E-state index contributed by atoms with van der Waals surface area (Å²) in [5.41, 5.74) is 1.62.